The SMILES string of the molecule is CN1CCC(N2CC(COCc3cc(C(F)(F)F)cc(C(F)(F)F)c3)(c3ccccc3)NC2=O)CC1. The normalized spacial score (nSPS) is 22.2. The molecule has 36 heavy (non-hydrogen) atoms. The van der Waals surface area contributed by atoms with Crippen LogP contribution in [0.25, 0.3) is 0 Å². The average Bonchev–Trinajstić information content (AvgIpc) is 3.16. The zero-order chi connectivity index (χ0) is 26.1. The van der Waals surface area contributed by atoms with Gasteiger partial charge in [-0.15, -0.1) is 0 Å². The van der Waals surface area contributed by atoms with Crippen LogP contribution in [0.1, 0.15) is 35.1 Å². The molecule has 2 fully saturated rings. The van der Waals surface area contributed by atoms with Crippen molar-refractivity contribution in [3.05, 3.63) is 70.8 Å². The molecule has 11 heteroatoms. The average molecular weight is 515 g/mol. The van der Waals surface area contributed by atoms with E-state index in [9.17, 15) is 31.1 Å². The first-order chi connectivity index (χ1) is 16.9. The van der Waals surface area contributed by atoms with Crippen LogP contribution in [0.3, 0.4) is 0 Å². The Hall–Kier alpha value is -2.79. The molecule has 2 amide bonds. The highest BCUT2D eigenvalue weighted by atomic mass is 19.4. The Morgan fingerprint density at radius 3 is 2.11 bits per heavy atom. The smallest absolute Gasteiger partial charge is 0.374 e. The first kappa shape index (κ1) is 26.3. The molecular weight excluding hydrogens is 488 g/mol. The van der Waals surface area contributed by atoms with E-state index in [-0.39, 0.29) is 36.9 Å². The summed E-state index contributed by atoms with van der Waals surface area (Å²) in [6.45, 7) is 1.37. The molecule has 2 aromatic carbocycles. The number of hydrogen-bond donors (Lipinski definition) is 1. The van der Waals surface area contributed by atoms with Crippen molar-refractivity contribution in [3.63, 3.8) is 0 Å². The van der Waals surface area contributed by atoms with Gasteiger partial charge >= 0.3 is 18.4 Å². The van der Waals surface area contributed by atoms with Crippen molar-refractivity contribution in [1.82, 2.24) is 15.1 Å². The van der Waals surface area contributed by atoms with Crippen LogP contribution in [-0.4, -0.2) is 55.2 Å². The first-order valence-corrected chi connectivity index (χ1v) is 11.6. The van der Waals surface area contributed by atoms with Gasteiger partial charge in [-0.2, -0.15) is 26.3 Å². The van der Waals surface area contributed by atoms with Gasteiger partial charge in [-0.3, -0.25) is 0 Å². The molecular formula is C25H27F6N3O2. The van der Waals surface area contributed by atoms with Gasteiger partial charge in [-0.05, 0) is 62.3 Å². The molecule has 196 valence electrons. The molecule has 0 saturated carbocycles. The molecule has 0 spiro atoms. The number of carbonyl (C=O) groups is 1. The van der Waals surface area contributed by atoms with Crippen LogP contribution in [-0.2, 0) is 29.2 Å². The number of amides is 2. The fourth-order valence-electron chi connectivity index (χ4n) is 4.81. The van der Waals surface area contributed by atoms with Crippen LogP contribution >= 0.6 is 0 Å². The summed E-state index contributed by atoms with van der Waals surface area (Å²) in [5.74, 6) is 0. The number of likely N-dealkylation sites (tertiary alicyclic amines) is 1. The van der Waals surface area contributed by atoms with Gasteiger partial charge < -0.3 is 19.9 Å². The highest BCUT2D eigenvalue weighted by Crippen LogP contribution is 2.37. The standard InChI is InChI=1S/C25H27F6N3O2/c1-33-9-7-21(8-10-33)34-15-23(32-22(34)35,18-5-3-2-4-6-18)16-36-14-17-11-19(24(26,27)28)13-20(12-17)25(29,30)31/h2-6,11-13,21H,7-10,14-16H2,1H3,(H,32,35). The van der Waals surface area contributed by atoms with Crippen molar-refractivity contribution in [2.75, 3.05) is 33.3 Å². The van der Waals surface area contributed by atoms with Crippen molar-refractivity contribution in [2.24, 2.45) is 0 Å². The van der Waals surface area contributed by atoms with E-state index in [1.807, 2.05) is 25.2 Å². The van der Waals surface area contributed by atoms with Gasteiger partial charge in [0.1, 0.15) is 5.54 Å². The summed E-state index contributed by atoms with van der Waals surface area (Å²) in [7, 11) is 2.01. The molecule has 2 heterocycles. The molecule has 2 saturated heterocycles. The predicted molar refractivity (Wildman–Crippen MR) is 120 cm³/mol. The number of nitrogens with one attached hydrogen (secondary N) is 1. The lowest BCUT2D eigenvalue weighted by molar-refractivity contribution is -0.143. The van der Waals surface area contributed by atoms with E-state index in [0.717, 1.165) is 31.5 Å². The maximum absolute atomic E-state index is 13.2. The monoisotopic (exact) mass is 515 g/mol. The molecule has 0 radical (unpaired) electrons. The second kappa shape index (κ2) is 9.93. The quantitative estimate of drug-likeness (QED) is 0.535. The first-order valence-electron chi connectivity index (χ1n) is 11.6. The summed E-state index contributed by atoms with van der Waals surface area (Å²) >= 11 is 0. The highest BCUT2D eigenvalue weighted by Gasteiger charge is 2.46. The molecule has 1 atom stereocenters. The Morgan fingerprint density at radius 1 is 0.972 bits per heavy atom. The lowest BCUT2D eigenvalue weighted by Crippen LogP contribution is -2.46. The number of halogens is 6. The number of nitrogens with zero attached hydrogens (tertiary/aromatic N) is 2. The van der Waals surface area contributed by atoms with E-state index < -0.39 is 35.6 Å². The van der Waals surface area contributed by atoms with Crippen LogP contribution in [0.2, 0.25) is 0 Å². The van der Waals surface area contributed by atoms with Gasteiger partial charge in [0.05, 0.1) is 30.9 Å². The Kier molecular flexibility index (Phi) is 7.25. The number of piperidine rings is 1. The summed E-state index contributed by atoms with van der Waals surface area (Å²) in [6.07, 6.45) is -8.26. The Morgan fingerprint density at radius 2 is 1.56 bits per heavy atom. The van der Waals surface area contributed by atoms with Crippen molar-refractivity contribution in [1.29, 1.82) is 0 Å². The summed E-state index contributed by atoms with van der Waals surface area (Å²) < 4.78 is 85.0. The number of carbonyl (C=O) groups excluding carboxylic acids is 1. The summed E-state index contributed by atoms with van der Waals surface area (Å²) in [6, 6.07) is 10.2. The van der Waals surface area contributed by atoms with Crippen LogP contribution < -0.4 is 5.32 Å². The third-order valence-corrected chi connectivity index (χ3v) is 6.77. The van der Waals surface area contributed by atoms with E-state index in [0.29, 0.717) is 12.1 Å². The number of rotatable bonds is 6. The number of urea groups is 1. The van der Waals surface area contributed by atoms with Gasteiger partial charge in [0.2, 0.25) is 0 Å². The molecule has 0 aliphatic carbocycles. The van der Waals surface area contributed by atoms with Gasteiger partial charge in [0, 0.05) is 6.04 Å². The number of alkyl halides is 6. The molecule has 1 unspecified atom stereocenters. The topological polar surface area (TPSA) is 44.8 Å². The third-order valence-electron chi connectivity index (χ3n) is 6.77. The van der Waals surface area contributed by atoms with Gasteiger partial charge in [0.25, 0.3) is 0 Å². The fraction of sp³-hybridized carbons (Fsp3) is 0.480. The summed E-state index contributed by atoms with van der Waals surface area (Å²) in [5, 5.41) is 2.99. The van der Waals surface area contributed by atoms with Crippen LogP contribution in [0.4, 0.5) is 31.1 Å². The third kappa shape index (κ3) is 5.78. The number of ether oxygens (including phenoxy) is 1. The molecule has 2 aromatic rings. The van der Waals surface area contributed by atoms with Gasteiger partial charge in [0.15, 0.2) is 0 Å². The number of benzene rings is 2. The molecule has 2 aliphatic rings. The van der Waals surface area contributed by atoms with E-state index in [1.165, 1.54) is 0 Å². The zero-order valence-electron chi connectivity index (χ0n) is 19.6. The Balaban J connectivity index is 1.55. The molecule has 1 N–H and O–H groups in total. The Labute approximate surface area is 205 Å². The lowest BCUT2D eigenvalue weighted by Gasteiger charge is -2.35. The molecule has 0 aromatic heterocycles. The second-order valence-corrected chi connectivity index (χ2v) is 9.45. The van der Waals surface area contributed by atoms with Gasteiger partial charge in [-0.25, -0.2) is 4.79 Å². The van der Waals surface area contributed by atoms with Crippen LogP contribution in [0.5, 0.6) is 0 Å². The van der Waals surface area contributed by atoms with E-state index in [2.05, 4.69) is 10.2 Å². The Bertz CT molecular complexity index is 1040. The van der Waals surface area contributed by atoms with Crippen LogP contribution in [0, 0.1) is 0 Å². The molecule has 0 bridgehead atoms. The van der Waals surface area contributed by atoms with Gasteiger partial charge in [-0.1, -0.05) is 30.3 Å². The molecule has 2 aliphatic heterocycles. The van der Waals surface area contributed by atoms with Crippen molar-refractivity contribution in [3.8, 4) is 0 Å². The minimum Gasteiger partial charge on any atom is -0.374 e. The highest BCUT2D eigenvalue weighted by molar-refractivity contribution is 5.79. The largest absolute Gasteiger partial charge is 0.416 e. The fourth-order valence-corrected chi connectivity index (χ4v) is 4.81. The van der Waals surface area contributed by atoms with E-state index >= 15 is 0 Å². The predicted octanol–water partition coefficient (Wildman–Crippen LogP) is 5.26. The molecule has 5 nitrogen and oxygen atoms in total. The maximum Gasteiger partial charge on any atom is 0.416 e. The van der Waals surface area contributed by atoms with Crippen molar-refractivity contribution >= 4 is 6.03 Å². The minimum absolute atomic E-state index is 0.0320. The van der Waals surface area contributed by atoms with Crippen molar-refractivity contribution in [2.45, 2.75) is 43.4 Å². The second-order valence-electron chi connectivity index (χ2n) is 9.45. The molecule has 4 rings (SSSR count). The zero-order valence-corrected chi connectivity index (χ0v) is 19.6. The lowest BCUT2D eigenvalue weighted by atomic mass is 9.91. The summed E-state index contributed by atoms with van der Waals surface area (Å²) in [4.78, 5) is 16.9. The minimum atomic E-state index is -4.94. The van der Waals surface area contributed by atoms with Crippen molar-refractivity contribution < 1.29 is 35.9 Å². The van der Waals surface area contributed by atoms with Crippen LogP contribution in [0.15, 0.2) is 48.5 Å². The van der Waals surface area contributed by atoms with E-state index in [1.54, 1.807) is 17.0 Å². The maximum atomic E-state index is 13.2. The van der Waals surface area contributed by atoms with E-state index in [4.69, 9.17) is 4.74 Å². The number of hydrogen-bond acceptors (Lipinski definition) is 3. The summed E-state index contributed by atoms with van der Waals surface area (Å²) in [5.41, 5.74) is -3.28.